The maximum atomic E-state index is 5.17. The molecule has 43 valence electrons. The van der Waals surface area contributed by atoms with Gasteiger partial charge in [-0.1, -0.05) is 0 Å². The number of hydrogen-bond acceptors (Lipinski definition) is 2. The van der Waals surface area contributed by atoms with Gasteiger partial charge in [0, 0.05) is 35.0 Å². The SMILES string of the molecule is CC(N)CN.[Au]. The van der Waals surface area contributed by atoms with Crippen molar-refractivity contribution in [3.63, 3.8) is 0 Å². The first-order valence-corrected chi connectivity index (χ1v) is 1.73. The van der Waals surface area contributed by atoms with Gasteiger partial charge in [-0.05, 0) is 6.92 Å². The average Bonchev–Trinajstić information content (AvgIpc) is 1.38. The van der Waals surface area contributed by atoms with Crippen LogP contribution in [0.2, 0.25) is 0 Å². The maximum absolute atomic E-state index is 5.17. The van der Waals surface area contributed by atoms with Crippen molar-refractivity contribution in [1.29, 1.82) is 0 Å². The molecule has 0 fully saturated rings. The van der Waals surface area contributed by atoms with Crippen LogP contribution in [0.5, 0.6) is 0 Å². The Balaban J connectivity index is 0. The first kappa shape index (κ1) is 9.83. The second-order valence-corrected chi connectivity index (χ2v) is 1.21. The van der Waals surface area contributed by atoms with Crippen molar-refractivity contribution in [3.05, 3.63) is 0 Å². The molecule has 1 unspecified atom stereocenters. The normalized spacial score (nSPS) is 12.5. The van der Waals surface area contributed by atoms with Crippen molar-refractivity contribution in [2.24, 2.45) is 11.5 Å². The molecule has 2 nitrogen and oxygen atoms in total. The van der Waals surface area contributed by atoms with E-state index in [1.165, 1.54) is 0 Å². The molecule has 0 saturated heterocycles. The summed E-state index contributed by atoms with van der Waals surface area (Å²) in [4.78, 5) is 0. The Hall–Kier alpha value is 0.660. The Morgan fingerprint density at radius 3 is 1.83 bits per heavy atom. The molecule has 1 atom stereocenters. The minimum atomic E-state index is 0. The van der Waals surface area contributed by atoms with Crippen LogP contribution in [0.3, 0.4) is 0 Å². The second-order valence-electron chi connectivity index (χ2n) is 1.21. The molecule has 0 bridgehead atoms. The molecule has 0 saturated carbocycles. The molecule has 0 rings (SSSR count). The summed E-state index contributed by atoms with van der Waals surface area (Å²) in [6, 6.07) is 0.162. The predicted octanol–water partition coefficient (Wildman–Crippen LogP) is -0.710. The van der Waals surface area contributed by atoms with Gasteiger partial charge in [-0.25, -0.2) is 0 Å². The Morgan fingerprint density at radius 2 is 1.83 bits per heavy atom. The molecule has 0 aliphatic carbocycles. The largest absolute Gasteiger partial charge is 0.329 e. The molecule has 0 aliphatic rings. The fourth-order valence-electron chi connectivity index (χ4n) is 0. The monoisotopic (exact) mass is 271 g/mol. The van der Waals surface area contributed by atoms with Crippen LogP contribution in [-0.2, 0) is 22.4 Å². The quantitative estimate of drug-likeness (QED) is 0.619. The third kappa shape index (κ3) is 8.82. The number of nitrogens with two attached hydrogens (primary N) is 2. The van der Waals surface area contributed by atoms with Gasteiger partial charge in [0.2, 0.25) is 0 Å². The van der Waals surface area contributed by atoms with E-state index in [2.05, 4.69) is 0 Å². The van der Waals surface area contributed by atoms with Gasteiger partial charge >= 0.3 is 0 Å². The van der Waals surface area contributed by atoms with Crippen LogP contribution in [0.25, 0.3) is 0 Å². The predicted molar refractivity (Wildman–Crippen MR) is 22.7 cm³/mol. The molecule has 3 heteroatoms. The summed E-state index contributed by atoms with van der Waals surface area (Å²) in [5.74, 6) is 0. The van der Waals surface area contributed by atoms with Crippen LogP contribution < -0.4 is 11.5 Å². The molecule has 0 aromatic carbocycles. The van der Waals surface area contributed by atoms with E-state index in [1.807, 2.05) is 6.92 Å². The van der Waals surface area contributed by atoms with Crippen LogP contribution in [0, 0.1) is 0 Å². The molecule has 0 heterocycles. The standard InChI is InChI=1S/C3H10N2.Au/c1-3(5)2-4;/h3H,2,4-5H2,1H3;. The van der Waals surface area contributed by atoms with E-state index < -0.39 is 0 Å². The van der Waals surface area contributed by atoms with Crippen LogP contribution in [-0.4, -0.2) is 12.6 Å². The summed E-state index contributed by atoms with van der Waals surface area (Å²) >= 11 is 0. The smallest absolute Gasteiger partial charge is 0.0134 e. The molecular formula is C3H10AuN2. The van der Waals surface area contributed by atoms with Gasteiger partial charge in [0.05, 0.1) is 0 Å². The minimum Gasteiger partial charge on any atom is -0.329 e. The third-order valence-corrected chi connectivity index (χ3v) is 0.372. The first-order valence-electron chi connectivity index (χ1n) is 1.73. The van der Waals surface area contributed by atoms with Crippen LogP contribution in [0.15, 0.2) is 0 Å². The molecular weight excluding hydrogens is 261 g/mol. The summed E-state index contributed by atoms with van der Waals surface area (Å²) in [5.41, 5.74) is 10.2. The van der Waals surface area contributed by atoms with Gasteiger partial charge in [0.15, 0.2) is 0 Å². The van der Waals surface area contributed by atoms with Crippen molar-refractivity contribution < 1.29 is 22.4 Å². The summed E-state index contributed by atoms with van der Waals surface area (Å²) in [5, 5.41) is 0. The van der Waals surface area contributed by atoms with E-state index in [4.69, 9.17) is 11.5 Å². The Bertz CT molecular complexity index is 22.8. The molecule has 0 aromatic heterocycles. The van der Waals surface area contributed by atoms with Gasteiger partial charge in [0.25, 0.3) is 0 Å². The van der Waals surface area contributed by atoms with Gasteiger partial charge in [0.1, 0.15) is 0 Å². The maximum Gasteiger partial charge on any atom is 0.0134 e. The minimum absolute atomic E-state index is 0. The zero-order valence-electron chi connectivity index (χ0n) is 3.74. The van der Waals surface area contributed by atoms with E-state index in [9.17, 15) is 0 Å². The van der Waals surface area contributed by atoms with Crippen molar-refractivity contribution in [1.82, 2.24) is 0 Å². The Labute approximate surface area is 53.8 Å². The zero-order chi connectivity index (χ0) is 4.28. The van der Waals surface area contributed by atoms with E-state index >= 15 is 0 Å². The van der Waals surface area contributed by atoms with E-state index in [-0.39, 0.29) is 28.4 Å². The van der Waals surface area contributed by atoms with Crippen molar-refractivity contribution in [3.8, 4) is 0 Å². The number of hydrogen-bond donors (Lipinski definition) is 2. The fraction of sp³-hybridized carbons (Fsp3) is 1.00. The topological polar surface area (TPSA) is 52.0 Å². The zero-order valence-corrected chi connectivity index (χ0v) is 5.91. The number of rotatable bonds is 1. The first-order chi connectivity index (χ1) is 2.27. The molecule has 0 spiro atoms. The summed E-state index contributed by atoms with van der Waals surface area (Å²) in [7, 11) is 0. The molecule has 0 aromatic rings. The van der Waals surface area contributed by atoms with E-state index in [0.717, 1.165) is 0 Å². The van der Waals surface area contributed by atoms with Crippen molar-refractivity contribution in [2.75, 3.05) is 6.54 Å². The van der Waals surface area contributed by atoms with Crippen molar-refractivity contribution >= 4 is 0 Å². The van der Waals surface area contributed by atoms with Gasteiger partial charge in [-0.15, -0.1) is 0 Å². The van der Waals surface area contributed by atoms with Crippen LogP contribution in [0.4, 0.5) is 0 Å². The second kappa shape index (κ2) is 5.66. The van der Waals surface area contributed by atoms with E-state index in [1.54, 1.807) is 0 Å². The third-order valence-electron chi connectivity index (χ3n) is 0.372. The van der Waals surface area contributed by atoms with Crippen LogP contribution in [0.1, 0.15) is 6.92 Å². The average molecular weight is 271 g/mol. The van der Waals surface area contributed by atoms with Gasteiger partial charge < -0.3 is 11.5 Å². The van der Waals surface area contributed by atoms with Gasteiger partial charge in [-0.3, -0.25) is 0 Å². The van der Waals surface area contributed by atoms with Gasteiger partial charge in [-0.2, -0.15) is 0 Å². The summed E-state index contributed by atoms with van der Waals surface area (Å²) in [6.45, 7) is 2.46. The Kier molecular flexibility index (Phi) is 9.27. The van der Waals surface area contributed by atoms with Crippen molar-refractivity contribution in [2.45, 2.75) is 13.0 Å². The fourth-order valence-corrected chi connectivity index (χ4v) is 0. The van der Waals surface area contributed by atoms with Crippen LogP contribution >= 0.6 is 0 Å². The Morgan fingerprint density at radius 1 is 1.67 bits per heavy atom. The summed E-state index contributed by atoms with van der Waals surface area (Å²) in [6.07, 6.45) is 0. The summed E-state index contributed by atoms with van der Waals surface area (Å²) < 4.78 is 0. The molecule has 1 radical (unpaired) electrons. The molecule has 0 aliphatic heterocycles. The molecule has 4 N–H and O–H groups in total. The molecule has 6 heavy (non-hydrogen) atoms. The molecule has 0 amide bonds. The van der Waals surface area contributed by atoms with E-state index in [0.29, 0.717) is 6.54 Å².